The van der Waals surface area contributed by atoms with Crippen molar-refractivity contribution in [1.82, 2.24) is 5.32 Å². The van der Waals surface area contributed by atoms with E-state index in [1.807, 2.05) is 0 Å². The van der Waals surface area contributed by atoms with Gasteiger partial charge < -0.3 is 5.32 Å². The van der Waals surface area contributed by atoms with Gasteiger partial charge in [0.2, 0.25) is 0 Å². The summed E-state index contributed by atoms with van der Waals surface area (Å²) in [5.41, 5.74) is 0. The van der Waals surface area contributed by atoms with E-state index in [2.05, 4.69) is 26.2 Å². The second kappa shape index (κ2) is 2.48. The van der Waals surface area contributed by atoms with Gasteiger partial charge in [0.25, 0.3) is 0 Å². The van der Waals surface area contributed by atoms with E-state index in [1.54, 1.807) is 0 Å². The van der Waals surface area contributed by atoms with Gasteiger partial charge in [0, 0.05) is 6.04 Å². The van der Waals surface area contributed by atoms with Gasteiger partial charge in [-0.3, -0.25) is 0 Å². The molecule has 3 rings (SSSR count). The Balaban J connectivity index is 2.03. The fraction of sp³-hybridized carbons (Fsp3) is 1.00. The van der Waals surface area contributed by atoms with Crippen LogP contribution >= 0.6 is 0 Å². The van der Waals surface area contributed by atoms with E-state index in [0.717, 1.165) is 29.7 Å². The molecule has 2 bridgehead atoms. The summed E-state index contributed by atoms with van der Waals surface area (Å²) in [4.78, 5) is 0. The van der Waals surface area contributed by atoms with E-state index in [0.29, 0.717) is 0 Å². The average molecular weight is 153 g/mol. The highest BCUT2D eigenvalue weighted by Crippen LogP contribution is 2.52. The molecule has 1 unspecified atom stereocenters. The zero-order chi connectivity index (χ0) is 8.01. The van der Waals surface area contributed by atoms with Crippen LogP contribution in [0.3, 0.4) is 0 Å². The highest BCUT2D eigenvalue weighted by molar-refractivity contribution is 4.99. The molecule has 3 aliphatic carbocycles. The largest absolute Gasteiger partial charge is 0.317 e. The van der Waals surface area contributed by atoms with Crippen LogP contribution in [-0.4, -0.2) is 13.1 Å². The minimum absolute atomic E-state index is 0.815. The van der Waals surface area contributed by atoms with Gasteiger partial charge in [0.1, 0.15) is 0 Å². The first-order chi connectivity index (χ1) is 5.24. The third kappa shape index (κ3) is 0.936. The first-order valence-electron chi connectivity index (χ1n) is 4.91. The number of hydrogen-bond acceptors (Lipinski definition) is 1. The van der Waals surface area contributed by atoms with Gasteiger partial charge in [-0.15, -0.1) is 0 Å². The van der Waals surface area contributed by atoms with Gasteiger partial charge in [-0.25, -0.2) is 0 Å². The fourth-order valence-corrected chi connectivity index (χ4v) is 3.16. The Kier molecular flexibility index (Phi) is 1.71. The second-order valence-corrected chi connectivity index (χ2v) is 4.51. The Bertz CT molecular complexity index is 153. The highest BCUT2D eigenvalue weighted by atomic mass is 14.9. The average Bonchev–Trinajstić information content (AvgIpc) is 2.03. The van der Waals surface area contributed by atoms with Crippen molar-refractivity contribution in [2.24, 2.45) is 23.7 Å². The van der Waals surface area contributed by atoms with Crippen molar-refractivity contribution in [3.63, 3.8) is 0 Å². The van der Waals surface area contributed by atoms with Crippen LogP contribution in [-0.2, 0) is 0 Å². The van der Waals surface area contributed by atoms with Crippen LogP contribution < -0.4 is 5.32 Å². The van der Waals surface area contributed by atoms with Crippen molar-refractivity contribution in [3.05, 3.63) is 0 Å². The van der Waals surface area contributed by atoms with Crippen LogP contribution in [0.4, 0.5) is 0 Å². The van der Waals surface area contributed by atoms with Crippen LogP contribution in [0.1, 0.15) is 26.7 Å². The second-order valence-electron chi connectivity index (χ2n) is 4.51. The minimum atomic E-state index is 0.815. The van der Waals surface area contributed by atoms with Gasteiger partial charge in [-0.1, -0.05) is 13.8 Å². The van der Waals surface area contributed by atoms with Gasteiger partial charge in [-0.05, 0) is 43.6 Å². The summed E-state index contributed by atoms with van der Waals surface area (Å²) in [5, 5.41) is 3.44. The summed E-state index contributed by atoms with van der Waals surface area (Å²) in [5.74, 6) is 4.02. The van der Waals surface area contributed by atoms with E-state index >= 15 is 0 Å². The van der Waals surface area contributed by atoms with Gasteiger partial charge in [0.15, 0.2) is 0 Å². The Hall–Kier alpha value is -0.0400. The molecule has 3 aliphatic rings. The normalized spacial score (nSPS) is 55.4. The molecular formula is C10H19N. The molecule has 0 aromatic carbocycles. The lowest BCUT2D eigenvalue weighted by molar-refractivity contribution is -0.0370. The Labute approximate surface area is 69.6 Å². The Morgan fingerprint density at radius 1 is 1.09 bits per heavy atom. The maximum Gasteiger partial charge on any atom is 0.00951 e. The number of hydrogen-bond donors (Lipinski definition) is 1. The van der Waals surface area contributed by atoms with Gasteiger partial charge in [-0.2, -0.15) is 0 Å². The molecule has 1 nitrogen and oxygen atoms in total. The zero-order valence-corrected chi connectivity index (χ0v) is 7.80. The molecule has 0 aromatic heterocycles. The molecule has 1 heteroatoms. The summed E-state index contributed by atoms with van der Waals surface area (Å²) in [6.45, 7) is 4.85. The molecule has 3 fully saturated rings. The predicted octanol–water partition coefficient (Wildman–Crippen LogP) is 1.89. The molecule has 0 aliphatic heterocycles. The van der Waals surface area contributed by atoms with Crippen LogP contribution in [0.25, 0.3) is 0 Å². The molecule has 11 heavy (non-hydrogen) atoms. The third-order valence-electron chi connectivity index (χ3n) is 4.23. The maximum absolute atomic E-state index is 3.44. The summed E-state index contributed by atoms with van der Waals surface area (Å²) in [6.07, 6.45) is 2.94. The lowest BCUT2D eigenvalue weighted by Gasteiger charge is -2.55. The zero-order valence-electron chi connectivity index (χ0n) is 7.80. The molecule has 0 amide bonds. The summed E-state index contributed by atoms with van der Waals surface area (Å²) in [7, 11) is 2.11. The number of rotatable bonds is 1. The molecule has 0 heterocycles. The lowest BCUT2D eigenvalue weighted by atomic mass is 9.52. The minimum Gasteiger partial charge on any atom is -0.317 e. The standard InChI is InChI=1S/C10H19N/c1-6-8-4-9(6)7(2)10(5-8)11-3/h6-11H,4-5H2,1-3H3/t6?,7-,8+,9+,10-/m1/s1. The van der Waals surface area contributed by atoms with E-state index in [9.17, 15) is 0 Å². The molecule has 1 N–H and O–H groups in total. The Morgan fingerprint density at radius 2 is 1.82 bits per heavy atom. The van der Waals surface area contributed by atoms with Crippen molar-refractivity contribution >= 4 is 0 Å². The van der Waals surface area contributed by atoms with Crippen LogP contribution in [0.2, 0.25) is 0 Å². The number of fused-ring (bicyclic) bond motifs is 2. The van der Waals surface area contributed by atoms with Crippen molar-refractivity contribution in [3.8, 4) is 0 Å². The monoisotopic (exact) mass is 153 g/mol. The molecule has 0 radical (unpaired) electrons. The lowest BCUT2D eigenvalue weighted by Crippen LogP contribution is -2.54. The smallest absolute Gasteiger partial charge is 0.00951 e. The topological polar surface area (TPSA) is 12.0 Å². The maximum atomic E-state index is 3.44. The molecule has 0 saturated heterocycles. The molecular weight excluding hydrogens is 134 g/mol. The van der Waals surface area contributed by atoms with Crippen LogP contribution in [0.15, 0.2) is 0 Å². The van der Waals surface area contributed by atoms with Crippen molar-refractivity contribution in [2.75, 3.05) is 7.05 Å². The SMILES string of the molecule is CN[C@@H]1C[C@@H]2C[C@@H](C2C)[C@H]1C. The molecule has 5 atom stereocenters. The molecule has 0 spiro atoms. The van der Waals surface area contributed by atoms with E-state index in [-0.39, 0.29) is 0 Å². The number of nitrogens with one attached hydrogen (secondary N) is 1. The third-order valence-corrected chi connectivity index (χ3v) is 4.23. The Morgan fingerprint density at radius 3 is 2.27 bits per heavy atom. The van der Waals surface area contributed by atoms with Crippen LogP contribution in [0.5, 0.6) is 0 Å². The molecule has 64 valence electrons. The molecule has 0 aromatic rings. The fourth-order valence-electron chi connectivity index (χ4n) is 3.16. The van der Waals surface area contributed by atoms with Gasteiger partial charge in [0.05, 0.1) is 0 Å². The van der Waals surface area contributed by atoms with Crippen molar-refractivity contribution in [2.45, 2.75) is 32.7 Å². The first kappa shape index (κ1) is 7.60. The summed E-state index contributed by atoms with van der Waals surface area (Å²) < 4.78 is 0. The predicted molar refractivity (Wildman–Crippen MR) is 47.4 cm³/mol. The summed E-state index contributed by atoms with van der Waals surface area (Å²) >= 11 is 0. The van der Waals surface area contributed by atoms with E-state index in [4.69, 9.17) is 0 Å². The highest BCUT2D eigenvalue weighted by Gasteiger charge is 2.48. The molecule has 3 saturated carbocycles. The van der Waals surface area contributed by atoms with Crippen LogP contribution in [0, 0.1) is 23.7 Å². The summed E-state index contributed by atoms with van der Waals surface area (Å²) in [6, 6.07) is 0.815. The van der Waals surface area contributed by atoms with E-state index < -0.39 is 0 Å². The van der Waals surface area contributed by atoms with E-state index in [1.165, 1.54) is 12.8 Å². The van der Waals surface area contributed by atoms with Crippen molar-refractivity contribution < 1.29 is 0 Å². The first-order valence-corrected chi connectivity index (χ1v) is 4.91. The van der Waals surface area contributed by atoms with Crippen molar-refractivity contribution in [1.29, 1.82) is 0 Å². The van der Waals surface area contributed by atoms with Gasteiger partial charge >= 0.3 is 0 Å². The quantitative estimate of drug-likeness (QED) is 0.606.